The maximum Gasteiger partial charge on any atom is 0.242 e. The number of sulfonamides is 2. The van der Waals surface area contributed by atoms with Gasteiger partial charge in [-0.15, -0.1) is 0 Å². The summed E-state index contributed by atoms with van der Waals surface area (Å²) >= 11 is 6.43. The van der Waals surface area contributed by atoms with Crippen LogP contribution in [0.1, 0.15) is 35.6 Å². The van der Waals surface area contributed by atoms with Gasteiger partial charge in [-0.2, -0.15) is 9.82 Å². The van der Waals surface area contributed by atoms with E-state index in [2.05, 4.69) is 20.2 Å². The van der Waals surface area contributed by atoms with Crippen LogP contribution < -0.4 is 19.5 Å². The van der Waals surface area contributed by atoms with E-state index in [1.165, 1.54) is 24.3 Å². The summed E-state index contributed by atoms with van der Waals surface area (Å²) in [6.45, 7) is 0.669. The van der Waals surface area contributed by atoms with Crippen molar-refractivity contribution in [3.8, 4) is 17.0 Å². The summed E-state index contributed by atoms with van der Waals surface area (Å²) in [7, 11) is -7.98. The molecule has 0 saturated carbocycles. The molecule has 0 aliphatic carbocycles. The lowest BCUT2D eigenvalue weighted by molar-refractivity contribution is -0.122. The average Bonchev–Trinajstić information content (AvgIpc) is 3.66. The second-order valence-corrected chi connectivity index (χ2v) is 14.6. The molecule has 2 unspecified atom stereocenters. The fourth-order valence-electron chi connectivity index (χ4n) is 5.03. The summed E-state index contributed by atoms with van der Waals surface area (Å²) in [6, 6.07) is 20.4. The first-order chi connectivity index (χ1) is 22.0. The number of hydrogen-bond donors (Lipinski definition) is 4. The molecule has 2 atom stereocenters. The largest absolute Gasteiger partial charge is 0.493 e. The first-order valence-corrected chi connectivity index (χ1v) is 17.8. The number of carbonyl (C=O) groups excluding carboxylic acids is 2. The van der Waals surface area contributed by atoms with Crippen molar-refractivity contribution in [3.05, 3.63) is 101 Å². The number of nitrogens with one attached hydrogen (secondary N) is 4. The van der Waals surface area contributed by atoms with Crippen LogP contribution in [0.4, 0.5) is 0 Å². The van der Waals surface area contributed by atoms with Gasteiger partial charge in [0, 0.05) is 23.3 Å². The number of hydrogen-bond acceptors (Lipinski definition) is 8. The molecule has 1 aliphatic rings. The number of benzene rings is 3. The van der Waals surface area contributed by atoms with Crippen molar-refractivity contribution in [1.82, 2.24) is 25.0 Å². The number of carbonyl (C=O) groups is 2. The van der Waals surface area contributed by atoms with E-state index in [1.807, 2.05) is 35.1 Å². The van der Waals surface area contributed by atoms with E-state index in [0.29, 0.717) is 30.8 Å². The zero-order chi connectivity index (χ0) is 32.7. The number of unbranched alkanes of at least 4 members (excludes halogenated alkanes) is 1. The monoisotopic (exact) mass is 685 g/mol. The molecule has 2 amide bonds. The molecule has 2 heterocycles. The lowest BCUT2D eigenvalue weighted by Gasteiger charge is -2.20. The van der Waals surface area contributed by atoms with E-state index in [4.69, 9.17) is 16.3 Å². The molecule has 1 fully saturated rings. The van der Waals surface area contributed by atoms with Crippen molar-refractivity contribution in [2.24, 2.45) is 0 Å². The van der Waals surface area contributed by atoms with E-state index in [0.717, 1.165) is 11.3 Å². The SMILES string of the molecule is O=C1CC(c2ccc(CC(NS(=O)(=O)c3ccccc3)C(=O)NCCCCOc3ccccc3-c3ccn[nH]3)cc2Cl)S(=O)(=O)N1. The highest BCUT2D eigenvalue weighted by Crippen LogP contribution is 2.35. The van der Waals surface area contributed by atoms with Crippen LogP contribution in [-0.2, 0) is 36.1 Å². The van der Waals surface area contributed by atoms with Crippen molar-refractivity contribution >= 4 is 43.5 Å². The number of para-hydroxylation sites is 1. The topological polar surface area (TPSA) is 176 Å². The Morgan fingerprint density at radius 3 is 2.50 bits per heavy atom. The van der Waals surface area contributed by atoms with Gasteiger partial charge in [0.1, 0.15) is 17.0 Å². The third-order valence-corrected chi connectivity index (χ3v) is 10.8. The second kappa shape index (κ2) is 14.5. The Labute approximate surface area is 272 Å². The summed E-state index contributed by atoms with van der Waals surface area (Å²) in [5, 5.41) is 8.65. The molecule has 4 N–H and O–H groups in total. The zero-order valence-electron chi connectivity index (χ0n) is 24.5. The smallest absolute Gasteiger partial charge is 0.242 e. The quantitative estimate of drug-likeness (QED) is 0.146. The Morgan fingerprint density at radius 2 is 1.80 bits per heavy atom. The molecule has 0 spiro atoms. The van der Waals surface area contributed by atoms with E-state index < -0.39 is 43.2 Å². The second-order valence-electron chi connectivity index (χ2n) is 10.6. The molecular formula is C31H32ClN5O7S2. The third kappa shape index (κ3) is 8.12. The molecule has 0 bridgehead atoms. The van der Waals surface area contributed by atoms with Gasteiger partial charge in [-0.25, -0.2) is 16.8 Å². The number of nitrogens with zero attached hydrogens (tertiary/aromatic N) is 1. The van der Waals surface area contributed by atoms with Crippen molar-refractivity contribution in [3.63, 3.8) is 0 Å². The predicted octanol–water partition coefficient (Wildman–Crippen LogP) is 3.49. The Kier molecular flexibility index (Phi) is 10.4. The molecule has 1 saturated heterocycles. The maximum absolute atomic E-state index is 13.3. The van der Waals surface area contributed by atoms with E-state index in [-0.39, 0.29) is 34.9 Å². The third-order valence-electron chi connectivity index (χ3n) is 7.33. The molecule has 5 rings (SSSR count). The average molecular weight is 686 g/mol. The number of ether oxygens (including phenoxy) is 1. The van der Waals surface area contributed by atoms with Gasteiger partial charge in [-0.3, -0.25) is 19.4 Å². The molecule has 15 heteroatoms. The summed E-state index contributed by atoms with van der Waals surface area (Å²) in [5.74, 6) is -0.467. The van der Waals surface area contributed by atoms with Crippen molar-refractivity contribution in [2.75, 3.05) is 13.2 Å². The minimum atomic E-state index is -4.07. The zero-order valence-corrected chi connectivity index (χ0v) is 26.9. The fraction of sp³-hybridized carbons (Fsp3) is 0.258. The molecule has 3 aromatic carbocycles. The van der Waals surface area contributed by atoms with Gasteiger partial charge in [0.2, 0.25) is 31.9 Å². The molecule has 4 aromatic rings. The number of rotatable bonds is 14. The highest BCUT2D eigenvalue weighted by molar-refractivity contribution is 7.90. The molecular weight excluding hydrogens is 654 g/mol. The summed E-state index contributed by atoms with van der Waals surface area (Å²) in [6.07, 6.45) is 2.52. The molecule has 12 nitrogen and oxygen atoms in total. The Hall–Kier alpha value is -4.24. The summed E-state index contributed by atoms with van der Waals surface area (Å²) in [4.78, 5) is 25.0. The van der Waals surface area contributed by atoms with Gasteiger partial charge in [0.05, 0.1) is 23.6 Å². The van der Waals surface area contributed by atoms with E-state index in [1.54, 1.807) is 30.5 Å². The van der Waals surface area contributed by atoms with Gasteiger partial charge in [-0.1, -0.05) is 54.1 Å². The first-order valence-electron chi connectivity index (χ1n) is 14.4. The highest BCUT2D eigenvalue weighted by atomic mass is 35.5. The van der Waals surface area contributed by atoms with Gasteiger partial charge in [-0.05, 0) is 66.8 Å². The lowest BCUT2D eigenvalue weighted by Crippen LogP contribution is -2.48. The Balaban J connectivity index is 1.22. The first kappa shape index (κ1) is 33.1. The van der Waals surface area contributed by atoms with Crippen LogP contribution in [0.3, 0.4) is 0 Å². The maximum atomic E-state index is 13.3. The van der Waals surface area contributed by atoms with Crippen molar-refractivity contribution in [2.45, 2.75) is 41.9 Å². The normalized spacial score (nSPS) is 16.5. The Bertz CT molecular complexity index is 1900. The van der Waals surface area contributed by atoms with E-state index in [9.17, 15) is 26.4 Å². The number of aromatic nitrogens is 2. The summed E-state index contributed by atoms with van der Waals surface area (Å²) in [5.41, 5.74) is 2.44. The molecule has 0 radical (unpaired) electrons. The van der Waals surface area contributed by atoms with Crippen LogP contribution >= 0.6 is 11.6 Å². The fourth-order valence-corrected chi connectivity index (χ4v) is 8.10. The number of halogens is 1. The highest BCUT2D eigenvalue weighted by Gasteiger charge is 2.39. The van der Waals surface area contributed by atoms with Crippen LogP contribution in [0.2, 0.25) is 5.02 Å². The minimum Gasteiger partial charge on any atom is -0.493 e. The van der Waals surface area contributed by atoms with Gasteiger partial charge in [0.15, 0.2) is 0 Å². The Morgan fingerprint density at radius 1 is 1.04 bits per heavy atom. The number of amides is 2. The standard InChI is InChI=1S/C31H32ClN5O7S2/c32-25-18-21(12-13-23(25)29-20-30(38)37-46(29,42)43)19-27(36-45(40,41)22-8-2-1-3-9-22)31(39)33-15-6-7-17-44-28-11-5-4-10-24(28)26-14-16-34-35-26/h1-5,8-14,16,18,27,29,36H,6-7,15,17,19-20H2,(H,33,39)(H,34,35)(H,37,38). The van der Waals surface area contributed by atoms with Gasteiger partial charge in [0.25, 0.3) is 0 Å². The van der Waals surface area contributed by atoms with Crippen LogP contribution in [0.5, 0.6) is 5.75 Å². The number of H-pyrrole nitrogens is 1. The minimum absolute atomic E-state index is 0.00246. The molecule has 1 aliphatic heterocycles. The van der Waals surface area contributed by atoms with Crippen LogP contribution in [-0.4, -0.2) is 58.0 Å². The molecule has 242 valence electrons. The lowest BCUT2D eigenvalue weighted by atomic mass is 10.0. The van der Waals surface area contributed by atoms with Gasteiger partial charge < -0.3 is 10.1 Å². The number of aromatic amines is 1. The van der Waals surface area contributed by atoms with E-state index >= 15 is 0 Å². The van der Waals surface area contributed by atoms with Crippen molar-refractivity contribution < 1.29 is 31.2 Å². The van der Waals surface area contributed by atoms with Crippen LogP contribution in [0.15, 0.2) is 90.0 Å². The molecule has 1 aromatic heterocycles. The van der Waals surface area contributed by atoms with Crippen LogP contribution in [0.25, 0.3) is 11.3 Å². The van der Waals surface area contributed by atoms with Gasteiger partial charge >= 0.3 is 0 Å². The summed E-state index contributed by atoms with van der Waals surface area (Å²) < 4.78 is 61.4. The van der Waals surface area contributed by atoms with Crippen molar-refractivity contribution in [1.29, 1.82) is 0 Å². The van der Waals surface area contributed by atoms with Crippen LogP contribution in [0, 0.1) is 0 Å². The predicted molar refractivity (Wildman–Crippen MR) is 172 cm³/mol. The molecule has 46 heavy (non-hydrogen) atoms.